The van der Waals surface area contributed by atoms with Gasteiger partial charge in [0.05, 0.1) is 0 Å². The summed E-state index contributed by atoms with van der Waals surface area (Å²) in [5.74, 6) is 2.97. The topological polar surface area (TPSA) is 39.1 Å². The van der Waals surface area contributed by atoms with Gasteiger partial charge in [-0.15, -0.1) is 0 Å². The molecule has 3 atom stereocenters. The lowest BCUT2D eigenvalue weighted by atomic mass is 10.3. The zero-order valence-electron chi connectivity index (χ0n) is 9.00. The predicted molar refractivity (Wildman–Crippen MR) is 58.1 cm³/mol. The van der Waals surface area contributed by atoms with Gasteiger partial charge in [0.2, 0.25) is 0 Å². The quantitative estimate of drug-likeness (QED) is 0.679. The first-order valence-corrected chi connectivity index (χ1v) is 5.65. The molecular formula is C11H17N3O. The zero-order valence-corrected chi connectivity index (χ0v) is 9.00. The number of piperidine rings is 1. The van der Waals surface area contributed by atoms with Gasteiger partial charge in [-0.2, -0.15) is 0 Å². The molecule has 4 nitrogen and oxygen atoms in total. The zero-order chi connectivity index (χ0) is 10.4. The van der Waals surface area contributed by atoms with Crippen molar-refractivity contribution in [2.24, 2.45) is 16.8 Å². The summed E-state index contributed by atoms with van der Waals surface area (Å²) in [6.07, 6.45) is 5.44. The first-order chi connectivity index (χ1) is 7.28. The third kappa shape index (κ3) is 1.53. The molecule has 3 aliphatic rings. The summed E-state index contributed by atoms with van der Waals surface area (Å²) in [6, 6.07) is 0. The molecule has 0 aromatic rings. The molecule has 4 heteroatoms. The Morgan fingerprint density at radius 1 is 1.47 bits per heavy atom. The van der Waals surface area contributed by atoms with E-state index in [0.29, 0.717) is 0 Å². The Labute approximate surface area is 89.9 Å². The molecule has 0 spiro atoms. The Kier molecular flexibility index (Phi) is 1.99. The molecule has 2 heterocycles. The highest BCUT2D eigenvalue weighted by molar-refractivity contribution is 5.93. The van der Waals surface area contributed by atoms with E-state index in [-0.39, 0.29) is 12.9 Å². The van der Waals surface area contributed by atoms with Crippen LogP contribution in [0.4, 0.5) is 0 Å². The van der Waals surface area contributed by atoms with Crippen LogP contribution < -0.4 is 0 Å². The lowest BCUT2D eigenvalue weighted by molar-refractivity contribution is 0.121. The minimum absolute atomic E-state index is 0.0414. The fraction of sp³-hybridized carbons (Fsp3) is 0.727. The Morgan fingerprint density at radius 2 is 2.20 bits per heavy atom. The van der Waals surface area contributed by atoms with Gasteiger partial charge in [0.15, 0.2) is 0 Å². The maximum atomic E-state index is 9.05. The van der Waals surface area contributed by atoms with E-state index in [1.165, 1.54) is 19.5 Å². The van der Waals surface area contributed by atoms with Gasteiger partial charge in [-0.3, -0.25) is 0 Å². The summed E-state index contributed by atoms with van der Waals surface area (Å²) in [5.41, 5.74) is 0. The third-order valence-electron chi connectivity index (χ3n) is 3.68. The Hall–Kier alpha value is -1.03. The molecule has 0 bridgehead atoms. The lowest BCUT2D eigenvalue weighted by Gasteiger charge is -2.30. The third-order valence-corrected chi connectivity index (χ3v) is 3.68. The average Bonchev–Trinajstić information content (AvgIpc) is 2.86. The van der Waals surface area contributed by atoms with E-state index in [2.05, 4.69) is 9.89 Å². The number of fused-ring (bicyclic) bond motifs is 1. The van der Waals surface area contributed by atoms with Gasteiger partial charge in [0.1, 0.15) is 18.7 Å². The first kappa shape index (κ1) is 9.21. The van der Waals surface area contributed by atoms with E-state index in [4.69, 9.17) is 5.11 Å². The number of hydrogen-bond donors (Lipinski definition) is 1. The summed E-state index contributed by atoms with van der Waals surface area (Å²) < 4.78 is 0. The smallest absolute Gasteiger partial charge is 0.127 e. The second kappa shape index (κ2) is 3.23. The molecule has 0 radical (unpaired) electrons. The Morgan fingerprint density at radius 3 is 2.80 bits per heavy atom. The second-order valence-electron chi connectivity index (χ2n) is 4.75. The van der Waals surface area contributed by atoms with E-state index >= 15 is 0 Å². The van der Waals surface area contributed by atoms with E-state index < -0.39 is 0 Å². The van der Waals surface area contributed by atoms with Crippen LogP contribution in [0.2, 0.25) is 0 Å². The van der Waals surface area contributed by atoms with Gasteiger partial charge in [-0.25, -0.2) is 4.99 Å². The average molecular weight is 207 g/mol. The van der Waals surface area contributed by atoms with Gasteiger partial charge in [0.25, 0.3) is 0 Å². The highest BCUT2D eigenvalue weighted by Crippen LogP contribution is 2.45. The molecule has 0 aromatic heterocycles. The van der Waals surface area contributed by atoms with Crippen molar-refractivity contribution in [2.45, 2.75) is 19.5 Å². The number of aliphatic imine (C=N–C) groups is 1. The normalized spacial score (nSPS) is 38.0. The standard InChI is InChI=1S/C11H17N3O/c1-8-12-11(2-3-13(8)7-15)14-5-9-4-10(9)6-14/h2-3,8-10,15H,4-7H2,1H3. The molecule has 0 amide bonds. The van der Waals surface area contributed by atoms with Crippen LogP contribution in [0.5, 0.6) is 0 Å². The summed E-state index contributed by atoms with van der Waals surface area (Å²) in [4.78, 5) is 8.79. The van der Waals surface area contributed by atoms with E-state index in [1.807, 2.05) is 24.1 Å². The minimum atomic E-state index is 0.0414. The largest absolute Gasteiger partial charge is 0.376 e. The molecule has 2 fully saturated rings. The van der Waals surface area contributed by atoms with Crippen LogP contribution in [0.1, 0.15) is 13.3 Å². The van der Waals surface area contributed by atoms with Crippen molar-refractivity contribution in [3.63, 3.8) is 0 Å². The van der Waals surface area contributed by atoms with Crippen molar-refractivity contribution >= 4 is 5.84 Å². The summed E-state index contributed by atoms with van der Waals surface area (Å²) in [5, 5.41) is 9.05. The van der Waals surface area contributed by atoms with E-state index in [9.17, 15) is 0 Å². The SMILES string of the molecule is CC1N=C(N2CC3CC3C2)C=CN1CO. The number of aliphatic hydroxyl groups is 1. The van der Waals surface area contributed by atoms with Crippen molar-refractivity contribution in [1.82, 2.24) is 9.80 Å². The molecule has 1 N–H and O–H groups in total. The fourth-order valence-electron chi connectivity index (χ4n) is 2.53. The lowest BCUT2D eigenvalue weighted by Crippen LogP contribution is -2.37. The number of rotatable bonds is 1. The predicted octanol–water partition coefficient (Wildman–Crippen LogP) is 0.462. The van der Waals surface area contributed by atoms with Crippen LogP contribution in [-0.2, 0) is 0 Å². The maximum Gasteiger partial charge on any atom is 0.127 e. The van der Waals surface area contributed by atoms with Crippen LogP contribution in [0, 0.1) is 11.8 Å². The second-order valence-corrected chi connectivity index (χ2v) is 4.75. The van der Waals surface area contributed by atoms with Crippen molar-refractivity contribution in [3.05, 3.63) is 12.3 Å². The summed E-state index contributed by atoms with van der Waals surface area (Å²) >= 11 is 0. The number of nitrogens with zero attached hydrogens (tertiary/aromatic N) is 3. The number of aliphatic hydroxyl groups excluding tert-OH is 1. The Bertz CT molecular complexity index is 316. The number of likely N-dealkylation sites (tertiary alicyclic amines) is 1. The first-order valence-electron chi connectivity index (χ1n) is 5.65. The summed E-state index contributed by atoms with van der Waals surface area (Å²) in [6.45, 7) is 4.41. The van der Waals surface area contributed by atoms with Crippen molar-refractivity contribution < 1.29 is 5.11 Å². The molecule has 15 heavy (non-hydrogen) atoms. The molecule has 3 unspecified atom stereocenters. The van der Waals surface area contributed by atoms with Gasteiger partial charge in [0, 0.05) is 19.3 Å². The van der Waals surface area contributed by atoms with Gasteiger partial charge < -0.3 is 14.9 Å². The van der Waals surface area contributed by atoms with Gasteiger partial charge in [-0.1, -0.05) is 0 Å². The molecule has 1 saturated carbocycles. The van der Waals surface area contributed by atoms with Crippen molar-refractivity contribution in [3.8, 4) is 0 Å². The van der Waals surface area contributed by atoms with Crippen LogP contribution in [0.15, 0.2) is 17.3 Å². The van der Waals surface area contributed by atoms with Crippen LogP contribution >= 0.6 is 0 Å². The van der Waals surface area contributed by atoms with Crippen LogP contribution in [0.3, 0.4) is 0 Å². The summed E-state index contributed by atoms with van der Waals surface area (Å²) in [7, 11) is 0. The monoisotopic (exact) mass is 207 g/mol. The van der Waals surface area contributed by atoms with Crippen LogP contribution in [0.25, 0.3) is 0 Å². The molecule has 1 aliphatic carbocycles. The molecule has 0 aromatic carbocycles. The van der Waals surface area contributed by atoms with E-state index in [0.717, 1.165) is 17.7 Å². The molecule has 1 saturated heterocycles. The fourth-order valence-corrected chi connectivity index (χ4v) is 2.53. The van der Waals surface area contributed by atoms with Crippen molar-refractivity contribution in [1.29, 1.82) is 0 Å². The van der Waals surface area contributed by atoms with E-state index in [1.54, 1.807) is 0 Å². The highest BCUT2D eigenvalue weighted by atomic mass is 16.3. The Balaban J connectivity index is 1.70. The van der Waals surface area contributed by atoms with Crippen LogP contribution in [-0.4, -0.2) is 46.7 Å². The van der Waals surface area contributed by atoms with Gasteiger partial charge in [-0.05, 0) is 31.3 Å². The highest BCUT2D eigenvalue weighted by Gasteiger charge is 2.45. The molecular weight excluding hydrogens is 190 g/mol. The molecule has 82 valence electrons. The van der Waals surface area contributed by atoms with Gasteiger partial charge >= 0.3 is 0 Å². The molecule has 3 rings (SSSR count). The minimum Gasteiger partial charge on any atom is -0.376 e. The number of hydrogen-bond acceptors (Lipinski definition) is 4. The molecule has 2 aliphatic heterocycles. The number of amidine groups is 1. The van der Waals surface area contributed by atoms with Crippen molar-refractivity contribution in [2.75, 3.05) is 19.8 Å². The maximum absolute atomic E-state index is 9.05.